The number of para-hydroxylation sites is 1. The first-order valence-electron chi connectivity index (χ1n) is 3.91. The van der Waals surface area contributed by atoms with Gasteiger partial charge in [0.15, 0.2) is 0 Å². The van der Waals surface area contributed by atoms with Crippen LogP contribution in [0.1, 0.15) is 5.56 Å². The van der Waals surface area contributed by atoms with Crippen molar-refractivity contribution in [3.05, 3.63) is 36.8 Å². The molecule has 0 atom stereocenters. The smallest absolute Gasteiger partial charge is 0.410 e. The highest BCUT2D eigenvalue weighted by molar-refractivity contribution is 5.70. The molecule has 0 N–H and O–H groups in total. The van der Waals surface area contributed by atoms with E-state index in [0.717, 1.165) is 0 Å². The zero-order chi connectivity index (χ0) is 9.84. The van der Waals surface area contributed by atoms with Crippen molar-refractivity contribution in [2.24, 2.45) is 0 Å². The maximum atomic E-state index is 11.1. The van der Waals surface area contributed by atoms with Gasteiger partial charge in [0, 0.05) is 14.1 Å². The monoisotopic (exact) mass is 178 g/mol. The largest absolute Gasteiger partial charge is 0.414 e. The van der Waals surface area contributed by atoms with Gasteiger partial charge >= 0.3 is 6.09 Å². The zero-order valence-corrected chi connectivity index (χ0v) is 7.78. The van der Waals surface area contributed by atoms with Gasteiger partial charge in [-0.1, -0.05) is 18.2 Å². The number of carbonyl (C=O) groups is 1. The van der Waals surface area contributed by atoms with E-state index < -0.39 is 6.09 Å². The summed E-state index contributed by atoms with van der Waals surface area (Å²) in [5, 5.41) is 0. The second-order valence-corrected chi connectivity index (χ2v) is 2.87. The van der Waals surface area contributed by atoms with Crippen molar-refractivity contribution >= 4 is 6.09 Å². The van der Waals surface area contributed by atoms with E-state index in [0.29, 0.717) is 11.3 Å². The maximum Gasteiger partial charge on any atom is 0.414 e. The quantitative estimate of drug-likeness (QED) is 0.657. The Morgan fingerprint density at radius 2 is 2.00 bits per heavy atom. The van der Waals surface area contributed by atoms with Gasteiger partial charge in [0.2, 0.25) is 0 Å². The van der Waals surface area contributed by atoms with Crippen molar-refractivity contribution in [2.75, 3.05) is 14.1 Å². The number of nitrogens with zero attached hydrogens (tertiary/aromatic N) is 1. The van der Waals surface area contributed by atoms with Crippen molar-refractivity contribution in [3.63, 3.8) is 0 Å². The first kappa shape index (κ1) is 9.58. The summed E-state index contributed by atoms with van der Waals surface area (Å²) in [5.74, 6) is 0.501. The van der Waals surface area contributed by atoms with Crippen LogP contribution in [0.3, 0.4) is 0 Å². The van der Waals surface area contributed by atoms with Crippen LogP contribution in [-0.2, 0) is 0 Å². The van der Waals surface area contributed by atoms with Crippen LogP contribution in [0.5, 0.6) is 5.75 Å². The summed E-state index contributed by atoms with van der Waals surface area (Å²) in [6.45, 7) is 3.74. The third-order valence-electron chi connectivity index (χ3n) is 1.54. The van der Waals surface area contributed by atoms with Crippen molar-refractivity contribution in [2.45, 2.75) is 0 Å². The molecule has 69 valence electrons. The molecule has 0 fully saturated rings. The van der Waals surface area contributed by atoms with Crippen LogP contribution >= 0.6 is 0 Å². The molecule has 1 rings (SSSR count). The Hall–Kier alpha value is -1.51. The topological polar surface area (TPSA) is 29.5 Å². The molecule has 0 aromatic heterocycles. The Bertz CT molecular complexity index is 308. The SMILES string of the molecule is [CH2]c1ccccc1OC(=O)N(C)C. The summed E-state index contributed by atoms with van der Waals surface area (Å²) in [6.07, 6.45) is -0.392. The summed E-state index contributed by atoms with van der Waals surface area (Å²) in [4.78, 5) is 12.5. The average molecular weight is 178 g/mol. The van der Waals surface area contributed by atoms with Crippen LogP contribution in [0.2, 0.25) is 0 Å². The second-order valence-electron chi connectivity index (χ2n) is 2.87. The van der Waals surface area contributed by atoms with Gasteiger partial charge in [-0.15, -0.1) is 0 Å². The summed E-state index contributed by atoms with van der Waals surface area (Å²) >= 11 is 0. The molecule has 13 heavy (non-hydrogen) atoms. The first-order chi connectivity index (χ1) is 6.11. The summed E-state index contributed by atoms with van der Waals surface area (Å²) in [6, 6.07) is 7.14. The van der Waals surface area contributed by atoms with Crippen LogP contribution in [0, 0.1) is 6.92 Å². The molecular formula is C10H12NO2. The lowest BCUT2D eigenvalue weighted by atomic mass is 10.2. The number of amides is 1. The third kappa shape index (κ3) is 2.47. The van der Waals surface area contributed by atoms with E-state index >= 15 is 0 Å². The standard InChI is InChI=1S/C10H12NO2/c1-8-6-4-5-7-9(8)13-10(12)11(2)3/h4-7H,1H2,2-3H3. The maximum absolute atomic E-state index is 11.1. The molecule has 0 saturated heterocycles. The lowest BCUT2D eigenvalue weighted by Gasteiger charge is -2.11. The van der Waals surface area contributed by atoms with Crippen molar-refractivity contribution in [1.82, 2.24) is 4.90 Å². The van der Waals surface area contributed by atoms with E-state index in [4.69, 9.17) is 4.74 Å². The fourth-order valence-corrected chi connectivity index (χ4v) is 0.789. The Morgan fingerprint density at radius 3 is 2.54 bits per heavy atom. The highest BCUT2D eigenvalue weighted by Gasteiger charge is 2.07. The molecular weight excluding hydrogens is 166 g/mol. The van der Waals surface area contributed by atoms with E-state index in [1.807, 2.05) is 6.07 Å². The van der Waals surface area contributed by atoms with Crippen LogP contribution < -0.4 is 4.74 Å². The van der Waals surface area contributed by atoms with Crippen molar-refractivity contribution < 1.29 is 9.53 Å². The Balaban J connectivity index is 2.75. The van der Waals surface area contributed by atoms with Crippen LogP contribution in [-0.4, -0.2) is 25.1 Å². The molecule has 0 bridgehead atoms. The Morgan fingerprint density at radius 1 is 1.38 bits per heavy atom. The molecule has 0 saturated carbocycles. The average Bonchev–Trinajstić information content (AvgIpc) is 2.08. The molecule has 0 aliphatic rings. The molecule has 1 radical (unpaired) electrons. The number of ether oxygens (including phenoxy) is 1. The van der Waals surface area contributed by atoms with E-state index in [9.17, 15) is 4.79 Å². The fraction of sp³-hybridized carbons (Fsp3) is 0.200. The second kappa shape index (κ2) is 3.94. The van der Waals surface area contributed by atoms with Gasteiger partial charge < -0.3 is 9.64 Å². The minimum Gasteiger partial charge on any atom is -0.410 e. The summed E-state index contributed by atoms with van der Waals surface area (Å²) in [5.41, 5.74) is 0.706. The molecule has 0 unspecified atom stereocenters. The number of hydrogen-bond donors (Lipinski definition) is 0. The predicted molar refractivity (Wildman–Crippen MR) is 50.6 cm³/mol. The molecule has 3 heteroatoms. The minimum atomic E-state index is -0.392. The molecule has 0 aliphatic carbocycles. The number of hydrogen-bond acceptors (Lipinski definition) is 2. The summed E-state index contributed by atoms with van der Waals surface area (Å²) in [7, 11) is 3.27. The Kier molecular flexibility index (Phi) is 2.90. The minimum absolute atomic E-state index is 0.392. The molecule has 0 aliphatic heterocycles. The van der Waals surface area contributed by atoms with E-state index in [2.05, 4.69) is 6.92 Å². The van der Waals surface area contributed by atoms with Gasteiger partial charge in [-0.25, -0.2) is 4.79 Å². The van der Waals surface area contributed by atoms with Crippen LogP contribution in [0.15, 0.2) is 24.3 Å². The molecule has 1 aromatic rings. The molecule has 1 amide bonds. The lowest BCUT2D eigenvalue weighted by Crippen LogP contribution is -2.25. The molecule has 0 heterocycles. The van der Waals surface area contributed by atoms with Gasteiger partial charge in [-0.2, -0.15) is 0 Å². The summed E-state index contributed by atoms with van der Waals surface area (Å²) < 4.78 is 5.03. The van der Waals surface area contributed by atoms with Crippen molar-refractivity contribution in [3.8, 4) is 5.75 Å². The van der Waals surface area contributed by atoms with E-state index in [1.165, 1.54) is 4.90 Å². The lowest BCUT2D eigenvalue weighted by molar-refractivity contribution is 0.171. The predicted octanol–water partition coefficient (Wildman–Crippen LogP) is 1.93. The molecule has 0 spiro atoms. The fourth-order valence-electron chi connectivity index (χ4n) is 0.789. The van der Waals surface area contributed by atoms with Gasteiger partial charge in [0.25, 0.3) is 0 Å². The van der Waals surface area contributed by atoms with Crippen molar-refractivity contribution in [1.29, 1.82) is 0 Å². The number of carbonyl (C=O) groups excluding carboxylic acids is 1. The third-order valence-corrected chi connectivity index (χ3v) is 1.54. The van der Waals surface area contributed by atoms with Crippen LogP contribution in [0.4, 0.5) is 4.79 Å². The highest BCUT2D eigenvalue weighted by atomic mass is 16.6. The van der Waals surface area contributed by atoms with Gasteiger partial charge in [-0.3, -0.25) is 0 Å². The molecule has 3 nitrogen and oxygen atoms in total. The van der Waals surface area contributed by atoms with Gasteiger partial charge in [-0.05, 0) is 18.6 Å². The zero-order valence-electron chi connectivity index (χ0n) is 7.78. The number of rotatable bonds is 1. The Labute approximate surface area is 77.9 Å². The van der Waals surface area contributed by atoms with E-state index in [1.54, 1.807) is 32.3 Å². The van der Waals surface area contributed by atoms with E-state index in [-0.39, 0.29) is 0 Å². The number of benzene rings is 1. The highest BCUT2D eigenvalue weighted by Crippen LogP contribution is 2.16. The first-order valence-corrected chi connectivity index (χ1v) is 3.91. The normalized spacial score (nSPS) is 9.46. The van der Waals surface area contributed by atoms with Gasteiger partial charge in [0.05, 0.1) is 0 Å². The van der Waals surface area contributed by atoms with Crippen LogP contribution in [0.25, 0.3) is 0 Å². The molecule has 1 aromatic carbocycles. The van der Waals surface area contributed by atoms with Gasteiger partial charge in [0.1, 0.15) is 5.75 Å².